The summed E-state index contributed by atoms with van der Waals surface area (Å²) in [4.78, 5) is 0. The van der Waals surface area contributed by atoms with E-state index in [2.05, 4.69) is 0 Å². The Balaban J connectivity index is 2.51. The molecule has 0 amide bonds. The summed E-state index contributed by atoms with van der Waals surface area (Å²) in [6.07, 6.45) is 0. The summed E-state index contributed by atoms with van der Waals surface area (Å²) in [6.45, 7) is 0.590. The maximum absolute atomic E-state index is 10.9. The van der Waals surface area contributed by atoms with E-state index in [1.54, 1.807) is 0 Å². The van der Waals surface area contributed by atoms with Crippen molar-refractivity contribution >= 4 is 0 Å². The molecule has 3 nitrogen and oxygen atoms in total. The summed E-state index contributed by atoms with van der Waals surface area (Å²) in [5, 5.41) is 10.9. The van der Waals surface area contributed by atoms with Crippen LogP contribution in [0.15, 0.2) is 30.3 Å². The zero-order valence-corrected chi connectivity index (χ0v) is 6.29. The predicted molar refractivity (Wildman–Crippen MR) is 43.5 cm³/mol. The first kappa shape index (κ1) is 8.20. The Morgan fingerprint density at radius 3 is 2.45 bits per heavy atom. The Morgan fingerprint density at radius 2 is 1.91 bits per heavy atom. The van der Waals surface area contributed by atoms with Gasteiger partial charge in [-0.25, -0.2) is 0 Å². The fraction of sp³-hybridized carbons (Fsp3) is 0.250. The summed E-state index contributed by atoms with van der Waals surface area (Å²) in [5.41, 5.74) is 6.20. The van der Waals surface area contributed by atoms with E-state index in [-0.39, 0.29) is 11.7 Å². The molecule has 1 rings (SSSR count). The summed E-state index contributed by atoms with van der Waals surface area (Å²) in [5.74, 6) is 0. The van der Waals surface area contributed by atoms with Crippen LogP contribution in [0.5, 0.6) is 0 Å². The minimum absolute atomic E-state index is 0.0798. The van der Waals surface area contributed by atoms with Gasteiger partial charge in [0.1, 0.15) is 13.2 Å². The number of hydrogen-bond donors (Lipinski definition) is 2. The van der Waals surface area contributed by atoms with Gasteiger partial charge in [-0.3, -0.25) is 5.73 Å². The molecule has 0 aliphatic rings. The van der Waals surface area contributed by atoms with Crippen molar-refractivity contribution in [2.45, 2.75) is 6.54 Å². The largest absolute Gasteiger partial charge is 0.633 e. The molecule has 3 heteroatoms. The molecule has 0 fully saturated rings. The van der Waals surface area contributed by atoms with E-state index in [9.17, 15) is 5.21 Å². The first-order valence-electron chi connectivity index (χ1n) is 3.58. The molecule has 0 aliphatic carbocycles. The Bertz CT molecular complexity index is 201. The number of benzene rings is 1. The van der Waals surface area contributed by atoms with Gasteiger partial charge >= 0.3 is 0 Å². The molecule has 0 radical (unpaired) electrons. The van der Waals surface area contributed by atoms with Crippen LogP contribution in [0, 0.1) is 5.21 Å². The second-order valence-electron chi connectivity index (χ2n) is 2.41. The van der Waals surface area contributed by atoms with Gasteiger partial charge < -0.3 is 10.3 Å². The monoisotopic (exact) mass is 152 g/mol. The van der Waals surface area contributed by atoms with E-state index in [4.69, 9.17) is 5.73 Å². The van der Waals surface area contributed by atoms with Gasteiger partial charge in [-0.1, -0.05) is 30.3 Å². The van der Waals surface area contributed by atoms with Crippen LogP contribution >= 0.6 is 0 Å². The summed E-state index contributed by atoms with van der Waals surface area (Å²) in [6, 6.07) is 9.61. The normalized spacial score (nSPS) is 12.9. The topological polar surface area (TPSA) is 53.5 Å². The Morgan fingerprint density at radius 1 is 1.27 bits per heavy atom. The van der Waals surface area contributed by atoms with Gasteiger partial charge in [-0.2, -0.15) is 0 Å². The van der Waals surface area contributed by atoms with E-state index < -0.39 is 0 Å². The molecule has 0 saturated carbocycles. The molecule has 1 unspecified atom stereocenters. The minimum atomic E-state index is 0.0798. The van der Waals surface area contributed by atoms with Gasteiger partial charge in [0.15, 0.2) is 0 Å². The van der Waals surface area contributed by atoms with E-state index in [1.807, 2.05) is 30.3 Å². The van der Waals surface area contributed by atoms with E-state index in [1.165, 1.54) is 0 Å². The zero-order valence-electron chi connectivity index (χ0n) is 6.29. The van der Waals surface area contributed by atoms with Crippen molar-refractivity contribution in [3.8, 4) is 0 Å². The number of nitrogens with two attached hydrogens (primary N) is 1. The van der Waals surface area contributed by atoms with Gasteiger partial charge in [0.25, 0.3) is 0 Å². The number of nitrogens with one attached hydrogen (secondary N) is 1. The standard InChI is InChI=1S/C8H12N2O/c9-7-10(11)6-8-4-2-1-3-5-8/h1-5,10H,6-7,9H2. The van der Waals surface area contributed by atoms with Gasteiger partial charge in [0.2, 0.25) is 0 Å². The lowest BCUT2D eigenvalue weighted by atomic mass is 10.2. The van der Waals surface area contributed by atoms with Crippen LogP contribution in [0.2, 0.25) is 0 Å². The molecule has 0 heterocycles. The van der Waals surface area contributed by atoms with Crippen molar-refractivity contribution in [3.05, 3.63) is 41.1 Å². The smallest absolute Gasteiger partial charge is 0.128 e. The Kier molecular flexibility index (Phi) is 3.04. The van der Waals surface area contributed by atoms with Crippen LogP contribution in [0.1, 0.15) is 5.56 Å². The highest BCUT2D eigenvalue weighted by molar-refractivity contribution is 5.13. The van der Waals surface area contributed by atoms with Crippen molar-refractivity contribution in [2.75, 3.05) is 6.67 Å². The third-order valence-electron chi connectivity index (χ3n) is 1.47. The highest BCUT2D eigenvalue weighted by atomic mass is 16.5. The molecular formula is C8H12N2O. The maximum atomic E-state index is 10.9. The molecule has 1 aromatic carbocycles. The lowest BCUT2D eigenvalue weighted by Gasteiger charge is -2.19. The molecule has 0 spiro atoms. The fourth-order valence-electron chi connectivity index (χ4n) is 0.896. The molecular weight excluding hydrogens is 140 g/mol. The molecule has 0 aliphatic heterocycles. The van der Waals surface area contributed by atoms with Crippen molar-refractivity contribution in [3.63, 3.8) is 0 Å². The van der Waals surface area contributed by atoms with E-state index in [0.717, 1.165) is 5.56 Å². The van der Waals surface area contributed by atoms with Crippen molar-refractivity contribution in [1.82, 2.24) is 0 Å². The molecule has 1 aromatic rings. The van der Waals surface area contributed by atoms with Gasteiger partial charge in [-0.15, -0.1) is 0 Å². The minimum Gasteiger partial charge on any atom is -0.633 e. The summed E-state index contributed by atoms with van der Waals surface area (Å²) < 4.78 is 0. The third-order valence-corrected chi connectivity index (χ3v) is 1.47. The van der Waals surface area contributed by atoms with Crippen LogP contribution in [0.4, 0.5) is 0 Å². The fourth-order valence-corrected chi connectivity index (χ4v) is 0.896. The average Bonchev–Trinajstić information content (AvgIpc) is 2.06. The number of quaternary nitrogens is 1. The van der Waals surface area contributed by atoms with Crippen LogP contribution in [-0.2, 0) is 6.54 Å². The molecule has 60 valence electrons. The van der Waals surface area contributed by atoms with Gasteiger partial charge in [0.05, 0.1) is 0 Å². The lowest BCUT2D eigenvalue weighted by molar-refractivity contribution is -0.862. The maximum Gasteiger partial charge on any atom is 0.128 e. The first-order chi connectivity index (χ1) is 5.33. The SMILES string of the molecule is NC[NH+]([O-])Cc1ccccc1. The Hall–Kier alpha value is -0.900. The molecule has 3 N–H and O–H groups in total. The zero-order chi connectivity index (χ0) is 8.10. The lowest BCUT2D eigenvalue weighted by Crippen LogP contribution is -3.07. The summed E-state index contributed by atoms with van der Waals surface area (Å²) in [7, 11) is 0. The number of rotatable bonds is 3. The number of hydroxylamine groups is 2. The highest BCUT2D eigenvalue weighted by Crippen LogP contribution is 1.94. The average molecular weight is 152 g/mol. The molecule has 0 aromatic heterocycles. The van der Waals surface area contributed by atoms with Crippen molar-refractivity contribution in [2.24, 2.45) is 5.73 Å². The second-order valence-corrected chi connectivity index (χ2v) is 2.41. The van der Waals surface area contributed by atoms with Crippen LogP contribution in [0.3, 0.4) is 0 Å². The summed E-state index contributed by atoms with van der Waals surface area (Å²) >= 11 is 0. The quantitative estimate of drug-likeness (QED) is 0.452. The molecule has 11 heavy (non-hydrogen) atoms. The van der Waals surface area contributed by atoms with Crippen LogP contribution in [0.25, 0.3) is 0 Å². The predicted octanol–water partition coefficient (Wildman–Crippen LogP) is -0.514. The van der Waals surface area contributed by atoms with Crippen molar-refractivity contribution in [1.29, 1.82) is 0 Å². The first-order valence-corrected chi connectivity index (χ1v) is 3.58. The highest BCUT2D eigenvalue weighted by Gasteiger charge is 1.94. The van der Waals surface area contributed by atoms with E-state index in [0.29, 0.717) is 6.54 Å². The van der Waals surface area contributed by atoms with Crippen LogP contribution < -0.4 is 10.8 Å². The van der Waals surface area contributed by atoms with Gasteiger partial charge in [-0.05, 0) is 0 Å². The molecule has 1 atom stereocenters. The third kappa shape index (κ3) is 2.67. The van der Waals surface area contributed by atoms with Crippen molar-refractivity contribution < 1.29 is 5.06 Å². The van der Waals surface area contributed by atoms with Crippen LogP contribution in [-0.4, -0.2) is 6.67 Å². The number of hydrogen-bond acceptors (Lipinski definition) is 2. The molecule has 0 saturated heterocycles. The second kappa shape index (κ2) is 4.08. The van der Waals surface area contributed by atoms with E-state index >= 15 is 0 Å². The van der Waals surface area contributed by atoms with Gasteiger partial charge in [0, 0.05) is 5.56 Å². The molecule has 0 bridgehead atoms. The Labute approximate surface area is 66.0 Å².